The zero-order valence-electron chi connectivity index (χ0n) is 15.9. The first-order chi connectivity index (χ1) is 11.5. The van der Waals surface area contributed by atoms with E-state index in [1.165, 1.54) is 5.56 Å². The van der Waals surface area contributed by atoms with Gasteiger partial charge in [-0.1, -0.05) is 30.3 Å². The summed E-state index contributed by atoms with van der Waals surface area (Å²) in [5.41, 5.74) is 1.23. The lowest BCUT2D eigenvalue weighted by Crippen LogP contribution is -2.46. The second-order valence-electron chi connectivity index (χ2n) is 6.82. The zero-order chi connectivity index (χ0) is 17.4. The molecule has 2 unspecified atom stereocenters. The van der Waals surface area contributed by atoms with Crippen molar-refractivity contribution >= 4 is 29.9 Å². The van der Waals surface area contributed by atoms with Crippen LogP contribution < -0.4 is 5.32 Å². The van der Waals surface area contributed by atoms with E-state index in [1.54, 1.807) is 0 Å². The Balaban J connectivity index is 0.00000312. The number of aliphatic imine (C=N–C) groups is 1. The number of rotatable bonds is 6. The summed E-state index contributed by atoms with van der Waals surface area (Å²) in [5.74, 6) is 0.947. The van der Waals surface area contributed by atoms with Gasteiger partial charge in [0.25, 0.3) is 0 Å². The van der Waals surface area contributed by atoms with Crippen LogP contribution >= 0.6 is 24.0 Å². The maximum absolute atomic E-state index is 5.78. The second-order valence-corrected chi connectivity index (χ2v) is 6.82. The monoisotopic (exact) mass is 460 g/mol. The summed E-state index contributed by atoms with van der Waals surface area (Å²) in [6, 6.07) is 10.4. The van der Waals surface area contributed by atoms with Crippen LogP contribution in [0.15, 0.2) is 35.3 Å². The van der Waals surface area contributed by atoms with Gasteiger partial charge in [0.15, 0.2) is 5.96 Å². The van der Waals surface area contributed by atoms with E-state index in [1.807, 2.05) is 25.1 Å². The summed E-state index contributed by atoms with van der Waals surface area (Å²) in [7, 11) is 4.06. The molecule has 5 nitrogen and oxygen atoms in total. The Morgan fingerprint density at radius 3 is 2.44 bits per heavy atom. The Morgan fingerprint density at radius 1 is 1.20 bits per heavy atom. The third-order valence-electron chi connectivity index (χ3n) is 4.11. The minimum absolute atomic E-state index is 0. The average molecular weight is 460 g/mol. The van der Waals surface area contributed by atoms with Crippen molar-refractivity contribution in [2.45, 2.75) is 39.0 Å². The standard InChI is InChI=1S/C19H32N4O.HI/c1-16-14-23(15-17(2)24-16)12-8-11-20-19(22(3)4)21-13-18-9-6-5-7-10-18;/h5-7,9-10,16-17H,8,11-15H2,1-4H3,(H,20,21);1H. The van der Waals surface area contributed by atoms with Crippen LogP contribution in [0, 0.1) is 0 Å². The van der Waals surface area contributed by atoms with E-state index in [0.29, 0.717) is 18.8 Å². The first-order valence-electron chi connectivity index (χ1n) is 8.92. The Labute approximate surface area is 169 Å². The third kappa shape index (κ3) is 8.37. The molecule has 25 heavy (non-hydrogen) atoms. The molecule has 1 aliphatic rings. The highest BCUT2D eigenvalue weighted by Gasteiger charge is 2.21. The quantitative estimate of drug-likeness (QED) is 0.307. The molecule has 1 fully saturated rings. The molecule has 1 heterocycles. The van der Waals surface area contributed by atoms with Gasteiger partial charge in [-0.3, -0.25) is 4.90 Å². The minimum Gasteiger partial charge on any atom is -0.373 e. The predicted molar refractivity (Wildman–Crippen MR) is 116 cm³/mol. The number of benzene rings is 1. The highest BCUT2D eigenvalue weighted by Crippen LogP contribution is 2.10. The van der Waals surface area contributed by atoms with Gasteiger partial charge in [0.05, 0.1) is 18.8 Å². The largest absolute Gasteiger partial charge is 0.373 e. The summed E-state index contributed by atoms with van der Waals surface area (Å²) >= 11 is 0. The van der Waals surface area contributed by atoms with E-state index in [2.05, 4.69) is 48.3 Å². The van der Waals surface area contributed by atoms with Crippen molar-refractivity contribution in [1.29, 1.82) is 0 Å². The SMILES string of the molecule is CC1CN(CCCNC(=NCc2ccccc2)N(C)C)CC(C)O1.I. The number of halogens is 1. The molecule has 0 saturated carbocycles. The van der Waals surface area contributed by atoms with E-state index < -0.39 is 0 Å². The molecule has 0 aliphatic carbocycles. The fourth-order valence-corrected chi connectivity index (χ4v) is 3.07. The van der Waals surface area contributed by atoms with Gasteiger partial charge >= 0.3 is 0 Å². The Morgan fingerprint density at radius 2 is 1.84 bits per heavy atom. The van der Waals surface area contributed by atoms with Crippen molar-refractivity contribution in [3.63, 3.8) is 0 Å². The molecule has 0 aromatic heterocycles. The molecule has 1 aliphatic heterocycles. The molecule has 0 amide bonds. The number of hydrogen-bond donors (Lipinski definition) is 1. The van der Waals surface area contributed by atoms with Crippen molar-refractivity contribution in [2.75, 3.05) is 40.3 Å². The normalized spacial score (nSPS) is 21.5. The predicted octanol–water partition coefficient (Wildman–Crippen LogP) is 2.81. The van der Waals surface area contributed by atoms with Gasteiger partial charge in [0.1, 0.15) is 0 Å². The number of morpholine rings is 1. The van der Waals surface area contributed by atoms with Gasteiger partial charge in [-0.25, -0.2) is 4.99 Å². The van der Waals surface area contributed by atoms with Gasteiger partial charge in [-0.15, -0.1) is 24.0 Å². The second kappa shape index (κ2) is 11.7. The molecule has 142 valence electrons. The van der Waals surface area contributed by atoms with Crippen molar-refractivity contribution in [3.05, 3.63) is 35.9 Å². The molecular weight excluding hydrogens is 427 g/mol. The molecule has 6 heteroatoms. The van der Waals surface area contributed by atoms with Crippen molar-refractivity contribution < 1.29 is 4.74 Å². The lowest BCUT2D eigenvalue weighted by molar-refractivity contribution is -0.0679. The molecule has 2 rings (SSSR count). The van der Waals surface area contributed by atoms with Crippen molar-refractivity contribution in [1.82, 2.24) is 15.1 Å². The molecule has 0 radical (unpaired) electrons. The maximum atomic E-state index is 5.78. The van der Waals surface area contributed by atoms with Crippen LogP contribution in [0.1, 0.15) is 25.8 Å². The smallest absolute Gasteiger partial charge is 0.193 e. The van der Waals surface area contributed by atoms with E-state index in [0.717, 1.165) is 38.6 Å². The van der Waals surface area contributed by atoms with Crippen LogP contribution in [0.25, 0.3) is 0 Å². The molecule has 1 saturated heterocycles. The third-order valence-corrected chi connectivity index (χ3v) is 4.11. The molecule has 2 atom stereocenters. The van der Waals surface area contributed by atoms with Crippen LogP contribution in [0.2, 0.25) is 0 Å². The molecule has 1 aromatic carbocycles. The number of guanidine groups is 1. The van der Waals surface area contributed by atoms with Crippen LogP contribution in [0.5, 0.6) is 0 Å². The lowest BCUT2D eigenvalue weighted by atomic mass is 10.2. The van der Waals surface area contributed by atoms with E-state index in [4.69, 9.17) is 9.73 Å². The van der Waals surface area contributed by atoms with Crippen LogP contribution in [-0.2, 0) is 11.3 Å². The Kier molecular flexibility index (Phi) is 10.4. The first-order valence-corrected chi connectivity index (χ1v) is 8.92. The molecular formula is C19H33IN4O. The topological polar surface area (TPSA) is 40.1 Å². The lowest BCUT2D eigenvalue weighted by Gasteiger charge is -2.35. The highest BCUT2D eigenvalue weighted by molar-refractivity contribution is 14.0. The summed E-state index contributed by atoms with van der Waals surface area (Å²) in [6.45, 7) is 9.12. The first kappa shape index (κ1) is 22.2. The summed E-state index contributed by atoms with van der Waals surface area (Å²) < 4.78 is 5.78. The number of nitrogens with zero attached hydrogens (tertiary/aromatic N) is 3. The van der Waals surface area contributed by atoms with Gasteiger partial charge < -0.3 is 15.0 Å². The van der Waals surface area contributed by atoms with E-state index >= 15 is 0 Å². The maximum Gasteiger partial charge on any atom is 0.193 e. The van der Waals surface area contributed by atoms with Crippen molar-refractivity contribution in [3.8, 4) is 0 Å². The Hall–Kier alpha value is -0.860. The summed E-state index contributed by atoms with van der Waals surface area (Å²) in [6.07, 6.45) is 1.79. The minimum atomic E-state index is 0. The fourth-order valence-electron chi connectivity index (χ4n) is 3.07. The number of nitrogens with one attached hydrogen (secondary N) is 1. The summed E-state index contributed by atoms with van der Waals surface area (Å²) in [4.78, 5) is 9.24. The fraction of sp³-hybridized carbons (Fsp3) is 0.632. The number of ether oxygens (including phenoxy) is 1. The average Bonchev–Trinajstić information content (AvgIpc) is 2.54. The highest BCUT2D eigenvalue weighted by atomic mass is 127. The van der Waals surface area contributed by atoms with Gasteiger partial charge in [-0.05, 0) is 25.8 Å². The Bertz CT molecular complexity index is 499. The van der Waals surface area contributed by atoms with Gasteiger partial charge in [0.2, 0.25) is 0 Å². The van der Waals surface area contributed by atoms with Gasteiger partial charge in [-0.2, -0.15) is 0 Å². The molecule has 1 aromatic rings. The van der Waals surface area contributed by atoms with E-state index in [-0.39, 0.29) is 24.0 Å². The summed E-state index contributed by atoms with van der Waals surface area (Å²) in [5, 5.41) is 3.47. The van der Waals surface area contributed by atoms with Crippen LogP contribution in [0.4, 0.5) is 0 Å². The van der Waals surface area contributed by atoms with Gasteiger partial charge in [0, 0.05) is 40.3 Å². The molecule has 0 bridgehead atoms. The van der Waals surface area contributed by atoms with Crippen LogP contribution in [-0.4, -0.2) is 68.2 Å². The molecule has 0 spiro atoms. The zero-order valence-corrected chi connectivity index (χ0v) is 18.3. The number of hydrogen-bond acceptors (Lipinski definition) is 3. The molecule has 1 N–H and O–H groups in total. The van der Waals surface area contributed by atoms with Crippen LogP contribution in [0.3, 0.4) is 0 Å². The van der Waals surface area contributed by atoms with E-state index in [9.17, 15) is 0 Å². The van der Waals surface area contributed by atoms with Crippen molar-refractivity contribution in [2.24, 2.45) is 4.99 Å².